The van der Waals surface area contributed by atoms with Crippen molar-refractivity contribution in [2.45, 2.75) is 39.2 Å². The molecule has 2 atom stereocenters. The Labute approximate surface area is 137 Å². The summed E-state index contributed by atoms with van der Waals surface area (Å²) in [4.78, 5) is 29.1. The van der Waals surface area contributed by atoms with E-state index in [9.17, 15) is 9.59 Å². The Bertz CT molecular complexity index is 628. The number of hydrogen-bond acceptors (Lipinski definition) is 4. The van der Waals surface area contributed by atoms with E-state index in [0.29, 0.717) is 18.7 Å². The van der Waals surface area contributed by atoms with E-state index in [4.69, 9.17) is 4.74 Å². The Morgan fingerprint density at radius 2 is 2.05 bits per heavy atom. The molecule has 2 aliphatic rings. The highest BCUT2D eigenvalue weighted by atomic mass is 127. The Kier molecular flexibility index (Phi) is 3.10. The molecule has 2 heterocycles. The second kappa shape index (κ2) is 4.41. The molecular weight excluding hydrogens is 383 g/mol. The average molecular weight is 400 g/mol. The van der Waals surface area contributed by atoms with Crippen molar-refractivity contribution in [1.82, 2.24) is 4.98 Å². The first-order valence-corrected chi connectivity index (χ1v) is 7.97. The Hall–Kier alpha value is -1.18. The molecule has 5 nitrogen and oxygen atoms in total. The number of fused-ring (bicyclic) bond motifs is 2. The maximum absolute atomic E-state index is 12.8. The van der Waals surface area contributed by atoms with Crippen LogP contribution in [0.15, 0.2) is 18.3 Å². The van der Waals surface area contributed by atoms with E-state index in [2.05, 4.69) is 32.9 Å². The van der Waals surface area contributed by atoms with Crippen molar-refractivity contribution in [3.63, 3.8) is 0 Å². The number of carbonyl (C=O) groups is 2. The van der Waals surface area contributed by atoms with E-state index in [1.165, 1.54) is 0 Å². The van der Waals surface area contributed by atoms with Crippen molar-refractivity contribution >= 4 is 40.3 Å². The molecule has 3 rings (SSSR count). The highest BCUT2D eigenvalue weighted by molar-refractivity contribution is 14.1. The third-order valence-electron chi connectivity index (χ3n) is 5.42. The van der Waals surface area contributed by atoms with Gasteiger partial charge in [-0.15, -0.1) is 0 Å². The van der Waals surface area contributed by atoms with Crippen LogP contribution in [0.4, 0.5) is 5.82 Å². The highest BCUT2D eigenvalue weighted by Crippen LogP contribution is 2.65. The minimum atomic E-state index is -1.09. The van der Waals surface area contributed by atoms with Crippen LogP contribution in [0.2, 0.25) is 0 Å². The average Bonchev–Trinajstić information content (AvgIpc) is 2.72. The van der Waals surface area contributed by atoms with Crippen molar-refractivity contribution in [3.8, 4) is 0 Å². The van der Waals surface area contributed by atoms with Crippen LogP contribution < -0.4 is 5.32 Å². The van der Waals surface area contributed by atoms with Gasteiger partial charge in [0.15, 0.2) is 5.60 Å². The van der Waals surface area contributed by atoms with Crippen LogP contribution in [0.5, 0.6) is 0 Å². The number of pyridine rings is 1. The summed E-state index contributed by atoms with van der Waals surface area (Å²) >= 11 is 2.15. The zero-order valence-electron chi connectivity index (χ0n) is 12.2. The van der Waals surface area contributed by atoms with E-state index in [1.54, 1.807) is 12.3 Å². The number of nitrogens with zero attached hydrogens (tertiary/aromatic N) is 1. The Morgan fingerprint density at radius 3 is 2.52 bits per heavy atom. The molecule has 0 radical (unpaired) electrons. The van der Waals surface area contributed by atoms with E-state index < -0.39 is 16.4 Å². The van der Waals surface area contributed by atoms with E-state index in [-0.39, 0.29) is 11.9 Å². The smallest absolute Gasteiger partial charge is 0.313 e. The van der Waals surface area contributed by atoms with Crippen molar-refractivity contribution in [2.75, 3.05) is 5.32 Å². The van der Waals surface area contributed by atoms with E-state index in [0.717, 1.165) is 3.57 Å². The Morgan fingerprint density at radius 1 is 1.33 bits per heavy atom. The minimum absolute atomic E-state index is 0.274. The molecular formula is C15H17IN2O3. The van der Waals surface area contributed by atoms with Crippen molar-refractivity contribution in [1.29, 1.82) is 0 Å². The van der Waals surface area contributed by atoms with Crippen molar-refractivity contribution < 1.29 is 14.3 Å². The minimum Gasteiger partial charge on any atom is -0.448 e. The number of nitrogens with one attached hydrogen (secondary N) is 1. The number of ether oxygens (including phenoxy) is 1. The Balaban J connectivity index is 1.91. The van der Waals surface area contributed by atoms with Crippen molar-refractivity contribution in [3.05, 3.63) is 21.9 Å². The summed E-state index contributed by atoms with van der Waals surface area (Å²) in [5.74, 6) is -0.0811. The van der Waals surface area contributed by atoms with Gasteiger partial charge in [0.2, 0.25) is 0 Å². The third kappa shape index (κ3) is 1.77. The number of anilines is 1. The second-order valence-corrected chi connectivity index (χ2v) is 7.74. The molecule has 21 heavy (non-hydrogen) atoms. The van der Waals surface area contributed by atoms with E-state index in [1.807, 2.05) is 26.8 Å². The van der Waals surface area contributed by atoms with Crippen LogP contribution in [0.3, 0.4) is 0 Å². The predicted octanol–water partition coefficient (Wildman–Crippen LogP) is 2.75. The van der Waals surface area contributed by atoms with Gasteiger partial charge in [0.05, 0.1) is 5.41 Å². The molecule has 1 saturated heterocycles. The number of carbonyl (C=O) groups excluding carboxylic acids is 2. The zero-order valence-corrected chi connectivity index (χ0v) is 14.4. The molecule has 1 aromatic heterocycles. The number of halogens is 1. The molecule has 1 saturated carbocycles. The molecule has 0 unspecified atom stereocenters. The van der Waals surface area contributed by atoms with Gasteiger partial charge in [0.1, 0.15) is 5.82 Å². The fraction of sp³-hybridized carbons (Fsp3) is 0.533. The monoisotopic (exact) mass is 400 g/mol. The maximum Gasteiger partial charge on any atom is 0.313 e. The number of rotatable bonds is 2. The molecule has 0 aromatic carbocycles. The van der Waals surface area contributed by atoms with Crippen molar-refractivity contribution in [2.24, 2.45) is 10.8 Å². The molecule has 112 valence electrons. The van der Waals surface area contributed by atoms with E-state index >= 15 is 0 Å². The molecule has 2 fully saturated rings. The normalized spacial score (nSPS) is 32.9. The lowest BCUT2D eigenvalue weighted by atomic mass is 9.66. The third-order valence-corrected chi connectivity index (χ3v) is 6.06. The summed E-state index contributed by atoms with van der Waals surface area (Å²) in [5.41, 5.74) is -2.22. The van der Waals surface area contributed by atoms with Crippen LogP contribution >= 0.6 is 22.6 Å². The molecule has 1 N–H and O–H groups in total. The summed E-state index contributed by atoms with van der Waals surface area (Å²) in [6.07, 6.45) is 2.91. The van der Waals surface area contributed by atoms with Gasteiger partial charge in [-0.05, 0) is 54.5 Å². The van der Waals surface area contributed by atoms with Gasteiger partial charge in [0.25, 0.3) is 5.91 Å². The largest absolute Gasteiger partial charge is 0.448 e. The van der Waals surface area contributed by atoms with Gasteiger partial charge < -0.3 is 10.1 Å². The molecule has 0 spiro atoms. The van der Waals surface area contributed by atoms with Gasteiger partial charge in [-0.3, -0.25) is 9.59 Å². The SMILES string of the molecule is CC1(C)[C@@]2(C)CC[C@@]1(C(=O)Nc1ccc(I)cn1)OC2=O. The number of aromatic nitrogens is 1. The fourth-order valence-corrected chi connectivity index (χ4v) is 3.73. The number of esters is 1. The first-order chi connectivity index (χ1) is 9.73. The molecule has 1 aromatic rings. The first kappa shape index (κ1) is 14.7. The van der Waals surface area contributed by atoms with Crippen LogP contribution in [0.25, 0.3) is 0 Å². The topological polar surface area (TPSA) is 68.3 Å². The summed E-state index contributed by atoms with van der Waals surface area (Å²) in [5, 5.41) is 2.79. The van der Waals surface area contributed by atoms with Gasteiger partial charge >= 0.3 is 5.97 Å². The maximum atomic E-state index is 12.8. The summed E-state index contributed by atoms with van der Waals surface area (Å²) in [6.45, 7) is 5.76. The number of amides is 1. The summed E-state index contributed by atoms with van der Waals surface area (Å²) < 4.78 is 6.53. The quantitative estimate of drug-likeness (QED) is 0.613. The van der Waals surface area contributed by atoms with Crippen LogP contribution in [0, 0.1) is 14.4 Å². The van der Waals surface area contributed by atoms with Crippen LogP contribution in [0.1, 0.15) is 33.6 Å². The fourth-order valence-electron chi connectivity index (χ4n) is 3.41. The number of hydrogen-bond donors (Lipinski definition) is 1. The summed E-state index contributed by atoms with van der Waals surface area (Å²) in [6, 6.07) is 3.61. The van der Waals surface area contributed by atoms with Crippen LogP contribution in [-0.2, 0) is 14.3 Å². The standard InChI is InChI=1S/C15H17IN2O3/c1-13(2)14(3)6-7-15(13,21-12(14)20)11(19)18-10-5-4-9(16)8-17-10/h4-5,8H,6-7H2,1-3H3,(H,17,18,19)/t14-,15-/m0/s1. The van der Waals surface area contributed by atoms with Gasteiger partial charge in [-0.25, -0.2) is 4.98 Å². The first-order valence-electron chi connectivity index (χ1n) is 6.89. The highest BCUT2D eigenvalue weighted by Gasteiger charge is 2.75. The van der Waals surface area contributed by atoms with Gasteiger partial charge in [0, 0.05) is 15.2 Å². The molecule has 1 aliphatic heterocycles. The molecule has 2 bridgehead atoms. The molecule has 6 heteroatoms. The van der Waals surface area contributed by atoms with Crippen LogP contribution in [-0.4, -0.2) is 22.5 Å². The predicted molar refractivity (Wildman–Crippen MR) is 85.5 cm³/mol. The van der Waals surface area contributed by atoms with Gasteiger partial charge in [-0.1, -0.05) is 13.8 Å². The molecule has 1 aliphatic carbocycles. The zero-order chi connectivity index (χ0) is 15.5. The lowest BCUT2D eigenvalue weighted by molar-refractivity contribution is -0.165. The van der Waals surface area contributed by atoms with Gasteiger partial charge in [-0.2, -0.15) is 0 Å². The lowest BCUT2D eigenvalue weighted by Crippen LogP contribution is -2.50. The lowest BCUT2D eigenvalue weighted by Gasteiger charge is -2.35. The summed E-state index contributed by atoms with van der Waals surface area (Å²) in [7, 11) is 0. The molecule has 1 amide bonds. The second-order valence-electron chi connectivity index (χ2n) is 6.49.